The molecule has 124 valence electrons. The summed E-state index contributed by atoms with van der Waals surface area (Å²) in [4.78, 5) is 4.72. The summed E-state index contributed by atoms with van der Waals surface area (Å²) in [5.74, 6) is 6.06. The van der Waals surface area contributed by atoms with Crippen molar-refractivity contribution < 1.29 is 0 Å². The first-order valence-corrected chi connectivity index (χ1v) is 7.46. The van der Waals surface area contributed by atoms with Gasteiger partial charge in [0.25, 0.3) is 0 Å². The maximum absolute atomic E-state index is 6.20. The number of hydrogen-bond donors (Lipinski definition) is 1. The molecule has 1 heterocycles. The molecular weight excluding hydrogens is 363 g/mol. The number of aliphatic imine (C=N–C) groups is 1. The van der Waals surface area contributed by atoms with Crippen molar-refractivity contribution in [2.75, 3.05) is 13.1 Å². The topological polar surface area (TPSA) is 38.4 Å². The third-order valence-electron chi connectivity index (χ3n) is 3.44. The lowest BCUT2D eigenvalue weighted by Crippen LogP contribution is -2.06. The lowest BCUT2D eigenvalue weighted by atomic mass is 9.94. The summed E-state index contributed by atoms with van der Waals surface area (Å²) in [6, 6.07) is 16.0. The van der Waals surface area contributed by atoms with E-state index in [0.717, 1.165) is 28.0 Å². The molecule has 2 aromatic carbocycles. The number of halogens is 3. The molecule has 0 amide bonds. The largest absolute Gasteiger partial charge is 0.320 e. The zero-order chi connectivity index (χ0) is 15.4. The summed E-state index contributed by atoms with van der Waals surface area (Å²) in [6.45, 7) is 0.928. The minimum absolute atomic E-state index is 0. The van der Waals surface area contributed by atoms with Crippen LogP contribution >= 0.6 is 36.4 Å². The van der Waals surface area contributed by atoms with Crippen LogP contribution in [0.4, 0.5) is 0 Å². The van der Waals surface area contributed by atoms with Crippen LogP contribution in [-0.4, -0.2) is 18.8 Å². The Morgan fingerprint density at radius 2 is 1.79 bits per heavy atom. The first kappa shape index (κ1) is 20.3. The molecule has 5 heteroatoms. The second-order valence-electron chi connectivity index (χ2n) is 4.87. The van der Waals surface area contributed by atoms with Gasteiger partial charge in [0, 0.05) is 21.7 Å². The molecule has 1 aliphatic rings. The minimum atomic E-state index is 0. The maximum Gasteiger partial charge on any atom is 0.0729 e. The van der Waals surface area contributed by atoms with E-state index in [-0.39, 0.29) is 24.8 Å². The van der Waals surface area contributed by atoms with Gasteiger partial charge in [-0.15, -0.1) is 24.8 Å². The quantitative estimate of drug-likeness (QED) is 0.734. The highest BCUT2D eigenvalue weighted by atomic mass is 35.5. The molecular formula is C19H17Cl3N2. The molecule has 2 nitrogen and oxygen atoms in total. The summed E-state index contributed by atoms with van der Waals surface area (Å²) in [5, 5.41) is 0.690. The van der Waals surface area contributed by atoms with Gasteiger partial charge in [-0.3, -0.25) is 4.99 Å². The van der Waals surface area contributed by atoms with Gasteiger partial charge in [-0.25, -0.2) is 0 Å². The molecule has 2 N–H and O–H groups in total. The van der Waals surface area contributed by atoms with Crippen molar-refractivity contribution in [3.05, 3.63) is 76.3 Å². The summed E-state index contributed by atoms with van der Waals surface area (Å²) >= 11 is 6.20. The van der Waals surface area contributed by atoms with Crippen molar-refractivity contribution >= 4 is 47.7 Å². The number of nitrogens with two attached hydrogens (primary N) is 1. The number of nitrogens with zero attached hydrogens (tertiary/aromatic N) is 1. The molecule has 0 saturated carbocycles. The Hall–Kier alpha value is -1.76. The highest BCUT2D eigenvalue weighted by Crippen LogP contribution is 2.27. The average Bonchev–Trinajstić information content (AvgIpc) is 2.73. The molecule has 0 saturated heterocycles. The molecule has 0 fully saturated rings. The van der Waals surface area contributed by atoms with Gasteiger partial charge in [-0.1, -0.05) is 59.8 Å². The van der Waals surface area contributed by atoms with Gasteiger partial charge in [-0.2, -0.15) is 0 Å². The molecule has 0 atom stereocenters. The molecule has 0 aliphatic carbocycles. The van der Waals surface area contributed by atoms with Gasteiger partial charge in [0.2, 0.25) is 0 Å². The second kappa shape index (κ2) is 9.52. The lowest BCUT2D eigenvalue weighted by molar-refractivity contribution is 1.25. The third-order valence-corrected chi connectivity index (χ3v) is 3.68. The molecule has 0 bridgehead atoms. The van der Waals surface area contributed by atoms with Crippen molar-refractivity contribution in [2.45, 2.75) is 0 Å². The third kappa shape index (κ3) is 4.41. The highest BCUT2D eigenvalue weighted by molar-refractivity contribution is 6.31. The molecule has 0 spiro atoms. The van der Waals surface area contributed by atoms with Crippen LogP contribution in [0.1, 0.15) is 16.7 Å². The molecule has 2 aromatic rings. The van der Waals surface area contributed by atoms with E-state index >= 15 is 0 Å². The van der Waals surface area contributed by atoms with Gasteiger partial charge >= 0.3 is 0 Å². The normalized spacial score (nSPS) is 12.1. The van der Waals surface area contributed by atoms with Gasteiger partial charge in [0.15, 0.2) is 0 Å². The SMILES string of the molecule is Cl.Cl.NCC#CC1=CCN=C(c2ccccc2)c2cc(Cl)ccc21. The van der Waals surface area contributed by atoms with Crippen LogP contribution < -0.4 is 5.73 Å². The van der Waals surface area contributed by atoms with Crippen LogP contribution in [0.25, 0.3) is 5.57 Å². The van der Waals surface area contributed by atoms with Crippen LogP contribution in [0.3, 0.4) is 0 Å². The first-order valence-electron chi connectivity index (χ1n) is 7.09. The number of allylic oxidation sites excluding steroid dienone is 1. The summed E-state index contributed by atoms with van der Waals surface area (Å²) in [7, 11) is 0. The Morgan fingerprint density at radius 1 is 1.04 bits per heavy atom. The number of fused-ring (bicyclic) bond motifs is 1. The summed E-state index contributed by atoms with van der Waals surface area (Å²) in [5.41, 5.74) is 10.5. The predicted octanol–water partition coefficient (Wildman–Crippen LogP) is 4.38. The Labute approximate surface area is 159 Å². The van der Waals surface area contributed by atoms with E-state index in [4.69, 9.17) is 22.3 Å². The van der Waals surface area contributed by atoms with E-state index in [9.17, 15) is 0 Å². The average molecular weight is 380 g/mol. The summed E-state index contributed by atoms with van der Waals surface area (Å²) < 4.78 is 0. The van der Waals surface area contributed by atoms with Crippen LogP contribution in [0.15, 0.2) is 59.6 Å². The van der Waals surface area contributed by atoms with Gasteiger partial charge in [-0.05, 0) is 23.8 Å². The van der Waals surface area contributed by atoms with Crippen molar-refractivity contribution in [1.29, 1.82) is 0 Å². The molecule has 0 radical (unpaired) electrons. The lowest BCUT2D eigenvalue weighted by Gasteiger charge is -2.11. The highest BCUT2D eigenvalue weighted by Gasteiger charge is 2.16. The van der Waals surface area contributed by atoms with Crippen molar-refractivity contribution in [1.82, 2.24) is 0 Å². The monoisotopic (exact) mass is 378 g/mol. The van der Waals surface area contributed by atoms with Crippen LogP contribution in [0, 0.1) is 11.8 Å². The van der Waals surface area contributed by atoms with Crippen LogP contribution in [-0.2, 0) is 0 Å². The number of hydrogen-bond acceptors (Lipinski definition) is 2. The van der Waals surface area contributed by atoms with Gasteiger partial charge in [0.1, 0.15) is 0 Å². The first-order chi connectivity index (χ1) is 10.8. The fourth-order valence-electron chi connectivity index (χ4n) is 2.48. The standard InChI is InChI=1S/C19H15ClN2.2ClH/c20-16-8-9-17-14(7-4-11-21)10-12-22-19(18(17)13-16)15-5-2-1-3-6-15;;/h1-3,5-6,8-10,13H,11-12,21H2;2*1H. The smallest absolute Gasteiger partial charge is 0.0729 e. The zero-order valence-corrected chi connectivity index (χ0v) is 15.2. The fourth-order valence-corrected chi connectivity index (χ4v) is 2.65. The number of benzene rings is 2. The summed E-state index contributed by atoms with van der Waals surface area (Å²) in [6.07, 6.45) is 2.03. The zero-order valence-electron chi connectivity index (χ0n) is 12.8. The Bertz CT molecular complexity index is 815. The second-order valence-corrected chi connectivity index (χ2v) is 5.31. The van der Waals surface area contributed by atoms with Crippen LogP contribution in [0.5, 0.6) is 0 Å². The molecule has 24 heavy (non-hydrogen) atoms. The molecule has 0 aromatic heterocycles. The van der Waals surface area contributed by atoms with E-state index in [1.165, 1.54) is 0 Å². The van der Waals surface area contributed by atoms with E-state index in [0.29, 0.717) is 18.1 Å². The van der Waals surface area contributed by atoms with E-state index in [1.807, 2.05) is 42.5 Å². The molecule has 1 aliphatic heterocycles. The van der Waals surface area contributed by atoms with Crippen molar-refractivity contribution in [3.8, 4) is 11.8 Å². The minimum Gasteiger partial charge on any atom is -0.320 e. The van der Waals surface area contributed by atoms with E-state index < -0.39 is 0 Å². The van der Waals surface area contributed by atoms with E-state index in [1.54, 1.807) is 0 Å². The van der Waals surface area contributed by atoms with Gasteiger partial charge in [0.05, 0.1) is 18.8 Å². The number of rotatable bonds is 1. The van der Waals surface area contributed by atoms with Gasteiger partial charge < -0.3 is 5.73 Å². The maximum atomic E-state index is 6.20. The molecule has 0 unspecified atom stereocenters. The van der Waals surface area contributed by atoms with E-state index in [2.05, 4.69) is 24.0 Å². The fraction of sp³-hybridized carbons (Fsp3) is 0.105. The Balaban J connectivity index is 0.00000144. The Morgan fingerprint density at radius 3 is 2.50 bits per heavy atom. The molecule has 3 rings (SSSR count). The van der Waals surface area contributed by atoms with Crippen molar-refractivity contribution in [3.63, 3.8) is 0 Å². The predicted molar refractivity (Wildman–Crippen MR) is 108 cm³/mol. The Kier molecular flexibility index (Phi) is 8.04. The van der Waals surface area contributed by atoms with Crippen LogP contribution in [0.2, 0.25) is 5.02 Å². The van der Waals surface area contributed by atoms with Crippen molar-refractivity contribution in [2.24, 2.45) is 10.7 Å².